The number of aryl methyl sites for hydroxylation is 1. The predicted molar refractivity (Wildman–Crippen MR) is 147 cm³/mol. The lowest BCUT2D eigenvalue weighted by atomic mass is 9.87. The second kappa shape index (κ2) is 11.7. The molecule has 0 radical (unpaired) electrons. The Hall–Kier alpha value is -1.81. The molecule has 4 heteroatoms. The first-order chi connectivity index (χ1) is 16.2. The molecular weight excluding hydrogens is 438 g/mol. The molecule has 3 nitrogen and oxygen atoms in total. The molecule has 184 valence electrons. The number of rotatable bonds is 8. The molecule has 1 heterocycles. The lowest BCUT2D eigenvalue weighted by Crippen LogP contribution is -2.38. The summed E-state index contributed by atoms with van der Waals surface area (Å²) in [6.45, 7) is 4.44. The Morgan fingerprint density at radius 3 is 2.50 bits per heavy atom. The molecule has 2 aliphatic rings. The smallest absolute Gasteiger partial charge is 0.0483 e. The molecule has 0 bridgehead atoms. The molecule has 5 rings (SSSR count). The number of nitrogens with zero attached hydrogens (tertiary/aromatic N) is 1. The van der Waals surface area contributed by atoms with E-state index in [0.717, 1.165) is 31.7 Å². The SMILES string of the molecule is Cc1cccc(C(CCNC2CCC(N)CC2)c2cn(CC3CCCC3)c3ccccc23)c1.Cl. The minimum atomic E-state index is 0. The molecule has 0 saturated heterocycles. The van der Waals surface area contributed by atoms with Gasteiger partial charge in [-0.25, -0.2) is 0 Å². The first-order valence-corrected chi connectivity index (χ1v) is 13.3. The zero-order valence-corrected chi connectivity index (χ0v) is 21.5. The van der Waals surface area contributed by atoms with Gasteiger partial charge >= 0.3 is 0 Å². The van der Waals surface area contributed by atoms with E-state index in [9.17, 15) is 0 Å². The van der Waals surface area contributed by atoms with Crippen LogP contribution in [0.15, 0.2) is 54.7 Å². The highest BCUT2D eigenvalue weighted by atomic mass is 35.5. The second-order valence-corrected chi connectivity index (χ2v) is 10.7. The molecule has 2 aliphatic carbocycles. The van der Waals surface area contributed by atoms with Crippen molar-refractivity contribution in [1.82, 2.24) is 9.88 Å². The van der Waals surface area contributed by atoms with Crippen LogP contribution < -0.4 is 11.1 Å². The first kappa shape index (κ1) is 25.3. The van der Waals surface area contributed by atoms with E-state index in [-0.39, 0.29) is 12.4 Å². The van der Waals surface area contributed by atoms with E-state index in [1.54, 1.807) is 0 Å². The number of nitrogens with two attached hydrogens (primary N) is 1. The Kier molecular flexibility index (Phi) is 8.74. The molecule has 2 aromatic carbocycles. The van der Waals surface area contributed by atoms with E-state index < -0.39 is 0 Å². The maximum absolute atomic E-state index is 6.12. The summed E-state index contributed by atoms with van der Waals surface area (Å²) < 4.78 is 2.57. The Morgan fingerprint density at radius 2 is 1.74 bits per heavy atom. The van der Waals surface area contributed by atoms with Gasteiger partial charge in [0.05, 0.1) is 0 Å². The van der Waals surface area contributed by atoms with Crippen molar-refractivity contribution < 1.29 is 0 Å². The number of aromatic nitrogens is 1. The monoisotopic (exact) mass is 479 g/mol. The van der Waals surface area contributed by atoms with E-state index in [4.69, 9.17) is 5.73 Å². The minimum Gasteiger partial charge on any atom is -0.347 e. The third kappa shape index (κ3) is 5.87. The normalized spacial score (nSPS) is 22.1. The molecule has 2 fully saturated rings. The number of nitrogens with one attached hydrogen (secondary N) is 1. The van der Waals surface area contributed by atoms with Gasteiger partial charge in [0.1, 0.15) is 0 Å². The molecule has 2 saturated carbocycles. The first-order valence-electron chi connectivity index (χ1n) is 13.3. The molecule has 1 unspecified atom stereocenters. The maximum atomic E-state index is 6.12. The van der Waals surface area contributed by atoms with Crippen LogP contribution >= 0.6 is 12.4 Å². The van der Waals surface area contributed by atoms with Crippen LogP contribution in [-0.2, 0) is 6.54 Å². The molecule has 1 atom stereocenters. The van der Waals surface area contributed by atoms with Crippen LogP contribution in [0, 0.1) is 12.8 Å². The van der Waals surface area contributed by atoms with Crippen molar-refractivity contribution in [2.24, 2.45) is 11.7 Å². The maximum Gasteiger partial charge on any atom is 0.0483 e. The van der Waals surface area contributed by atoms with Gasteiger partial charge in [-0.2, -0.15) is 0 Å². The second-order valence-electron chi connectivity index (χ2n) is 10.7. The number of benzene rings is 2. The van der Waals surface area contributed by atoms with Crippen molar-refractivity contribution in [3.63, 3.8) is 0 Å². The number of hydrogen-bond donors (Lipinski definition) is 2. The summed E-state index contributed by atoms with van der Waals surface area (Å²) in [7, 11) is 0. The van der Waals surface area contributed by atoms with Gasteiger partial charge < -0.3 is 15.6 Å². The van der Waals surface area contributed by atoms with E-state index >= 15 is 0 Å². The zero-order valence-electron chi connectivity index (χ0n) is 20.7. The number of halogens is 1. The summed E-state index contributed by atoms with van der Waals surface area (Å²) in [5, 5.41) is 5.31. The Balaban J connectivity index is 0.00000274. The highest BCUT2D eigenvalue weighted by Gasteiger charge is 2.23. The average molecular weight is 480 g/mol. The van der Waals surface area contributed by atoms with E-state index in [0.29, 0.717) is 18.0 Å². The largest absolute Gasteiger partial charge is 0.347 e. The lowest BCUT2D eigenvalue weighted by molar-refractivity contribution is 0.340. The number of hydrogen-bond acceptors (Lipinski definition) is 2. The van der Waals surface area contributed by atoms with Crippen molar-refractivity contribution in [2.75, 3.05) is 6.54 Å². The van der Waals surface area contributed by atoms with E-state index in [2.05, 4.69) is 71.5 Å². The van der Waals surface area contributed by atoms with Crippen LogP contribution in [0.25, 0.3) is 10.9 Å². The summed E-state index contributed by atoms with van der Waals surface area (Å²) >= 11 is 0. The van der Waals surface area contributed by atoms with Crippen LogP contribution in [0.1, 0.15) is 80.4 Å². The van der Waals surface area contributed by atoms with Gasteiger partial charge in [-0.3, -0.25) is 0 Å². The molecule has 0 spiro atoms. The van der Waals surface area contributed by atoms with E-state index in [1.807, 2.05) is 0 Å². The quantitative estimate of drug-likeness (QED) is 0.367. The Morgan fingerprint density at radius 1 is 0.971 bits per heavy atom. The zero-order chi connectivity index (χ0) is 22.6. The van der Waals surface area contributed by atoms with Crippen LogP contribution in [0.2, 0.25) is 0 Å². The summed E-state index contributed by atoms with van der Waals surface area (Å²) in [5.41, 5.74) is 11.8. The van der Waals surface area contributed by atoms with Gasteiger partial charge in [-0.1, -0.05) is 60.9 Å². The molecule has 0 amide bonds. The average Bonchev–Trinajstić information content (AvgIpc) is 3.47. The van der Waals surface area contributed by atoms with Gasteiger partial charge in [-0.15, -0.1) is 12.4 Å². The number of fused-ring (bicyclic) bond motifs is 1. The van der Waals surface area contributed by atoms with Gasteiger partial charge in [0.25, 0.3) is 0 Å². The summed E-state index contributed by atoms with van der Waals surface area (Å²) in [5.74, 6) is 1.25. The molecule has 1 aromatic heterocycles. The van der Waals surface area contributed by atoms with Gasteiger partial charge in [0, 0.05) is 41.6 Å². The molecule has 0 aliphatic heterocycles. The molecule has 34 heavy (non-hydrogen) atoms. The summed E-state index contributed by atoms with van der Waals surface area (Å²) in [4.78, 5) is 0. The fourth-order valence-corrected chi connectivity index (χ4v) is 6.32. The summed E-state index contributed by atoms with van der Waals surface area (Å²) in [6, 6.07) is 19.3. The molecular formula is C30H42ClN3. The van der Waals surface area contributed by atoms with Crippen LogP contribution in [0.4, 0.5) is 0 Å². The fourth-order valence-electron chi connectivity index (χ4n) is 6.32. The number of para-hydroxylation sites is 1. The van der Waals surface area contributed by atoms with Gasteiger partial charge in [0.15, 0.2) is 0 Å². The third-order valence-corrected chi connectivity index (χ3v) is 8.21. The minimum absolute atomic E-state index is 0. The van der Waals surface area contributed by atoms with Crippen molar-refractivity contribution >= 4 is 23.3 Å². The van der Waals surface area contributed by atoms with Crippen molar-refractivity contribution in [3.8, 4) is 0 Å². The fraction of sp³-hybridized carbons (Fsp3) is 0.533. The van der Waals surface area contributed by atoms with Crippen molar-refractivity contribution in [2.45, 2.75) is 89.3 Å². The van der Waals surface area contributed by atoms with Crippen LogP contribution in [-0.4, -0.2) is 23.2 Å². The standard InChI is InChI=1S/C30H41N3.ClH/c1-22-7-6-10-24(19-22)27(17-18-32-26-15-13-25(31)14-16-26)29-21-33(20-23-8-2-3-9-23)30-12-5-4-11-28(29)30;/h4-7,10-12,19,21,23,25-27,32H,2-3,8-9,13-18,20,31H2,1H3;1H. The molecule has 3 aromatic rings. The van der Waals surface area contributed by atoms with Crippen LogP contribution in [0.3, 0.4) is 0 Å². The highest BCUT2D eigenvalue weighted by Crippen LogP contribution is 2.36. The van der Waals surface area contributed by atoms with Crippen molar-refractivity contribution in [1.29, 1.82) is 0 Å². The highest BCUT2D eigenvalue weighted by molar-refractivity contribution is 5.85. The van der Waals surface area contributed by atoms with Gasteiger partial charge in [-0.05, 0) is 81.5 Å². The van der Waals surface area contributed by atoms with Crippen LogP contribution in [0.5, 0.6) is 0 Å². The van der Waals surface area contributed by atoms with Crippen molar-refractivity contribution in [3.05, 3.63) is 71.4 Å². The third-order valence-electron chi connectivity index (χ3n) is 8.21. The molecule has 3 N–H and O–H groups in total. The van der Waals surface area contributed by atoms with Gasteiger partial charge in [0.2, 0.25) is 0 Å². The lowest BCUT2D eigenvalue weighted by Gasteiger charge is -2.28. The topological polar surface area (TPSA) is 43.0 Å². The summed E-state index contributed by atoms with van der Waals surface area (Å²) in [6.07, 6.45) is 14.0. The predicted octanol–water partition coefficient (Wildman–Crippen LogP) is 6.94. The van der Waals surface area contributed by atoms with E-state index in [1.165, 1.54) is 72.7 Å². The Labute approximate surface area is 211 Å². The Bertz CT molecular complexity index is 1040.